The summed E-state index contributed by atoms with van der Waals surface area (Å²) >= 11 is 0. The maximum Gasteiger partial charge on any atom is 0.130 e. The van der Waals surface area contributed by atoms with Crippen LogP contribution in [0.3, 0.4) is 0 Å². The Morgan fingerprint density at radius 3 is 2.65 bits per heavy atom. The second-order valence-electron chi connectivity index (χ2n) is 8.72. The molecule has 0 unspecified atom stereocenters. The monoisotopic (exact) mass is 418 g/mol. The lowest BCUT2D eigenvalue weighted by Gasteiger charge is -2.33. The van der Waals surface area contributed by atoms with Crippen LogP contribution in [-0.2, 0) is 0 Å². The molecule has 0 saturated carbocycles. The first-order valence-electron chi connectivity index (χ1n) is 11.6. The van der Waals surface area contributed by atoms with E-state index >= 15 is 0 Å². The van der Waals surface area contributed by atoms with Gasteiger partial charge in [-0.25, -0.2) is 4.98 Å². The van der Waals surface area contributed by atoms with Crippen LogP contribution in [0, 0.1) is 5.92 Å². The van der Waals surface area contributed by atoms with E-state index in [4.69, 9.17) is 0 Å². The Hall–Kier alpha value is -2.59. The lowest BCUT2D eigenvalue weighted by Crippen LogP contribution is -2.35. The number of allylic oxidation sites excluding steroid dienone is 4. The smallest absolute Gasteiger partial charge is 0.130 e. The SMILES string of the molecule is C=C/C(=C\N(C)C)c1ccc2cnc(N/C(=C\C)C3CCN(CCCC)CC3)cc2c1. The van der Waals surface area contributed by atoms with Crippen LogP contribution in [0.5, 0.6) is 0 Å². The molecule has 0 radical (unpaired) electrons. The number of anilines is 1. The van der Waals surface area contributed by atoms with Crippen molar-refractivity contribution in [3.05, 3.63) is 66.7 Å². The van der Waals surface area contributed by atoms with Crippen molar-refractivity contribution < 1.29 is 0 Å². The number of nitrogens with zero attached hydrogens (tertiary/aromatic N) is 3. The number of rotatable bonds is 9. The molecule has 1 aliphatic rings. The van der Waals surface area contributed by atoms with Crippen molar-refractivity contribution in [3.8, 4) is 0 Å². The Balaban J connectivity index is 1.74. The van der Waals surface area contributed by atoms with Gasteiger partial charge in [0.05, 0.1) is 0 Å². The number of hydrogen-bond acceptors (Lipinski definition) is 4. The van der Waals surface area contributed by atoms with Gasteiger partial charge < -0.3 is 15.1 Å². The average molecular weight is 419 g/mol. The molecular formula is C27H38N4. The van der Waals surface area contributed by atoms with Gasteiger partial charge in [-0.15, -0.1) is 0 Å². The lowest BCUT2D eigenvalue weighted by atomic mass is 9.93. The van der Waals surface area contributed by atoms with Crippen LogP contribution in [0.25, 0.3) is 16.3 Å². The summed E-state index contributed by atoms with van der Waals surface area (Å²) < 4.78 is 0. The van der Waals surface area contributed by atoms with Crippen molar-refractivity contribution in [3.63, 3.8) is 0 Å². The number of fused-ring (bicyclic) bond motifs is 1. The molecule has 1 aromatic carbocycles. The quantitative estimate of drug-likeness (QED) is 0.495. The van der Waals surface area contributed by atoms with E-state index < -0.39 is 0 Å². The van der Waals surface area contributed by atoms with Crippen molar-refractivity contribution in [2.45, 2.75) is 39.5 Å². The number of hydrogen-bond donors (Lipinski definition) is 1. The molecule has 1 aromatic heterocycles. The van der Waals surface area contributed by atoms with Crippen LogP contribution >= 0.6 is 0 Å². The minimum Gasteiger partial charge on any atom is -0.383 e. The molecule has 0 spiro atoms. The van der Waals surface area contributed by atoms with Crippen molar-refractivity contribution >= 4 is 22.2 Å². The fourth-order valence-electron chi connectivity index (χ4n) is 4.32. The maximum absolute atomic E-state index is 4.68. The van der Waals surface area contributed by atoms with Crippen molar-refractivity contribution in [1.29, 1.82) is 0 Å². The van der Waals surface area contributed by atoms with Crippen LogP contribution < -0.4 is 5.32 Å². The van der Waals surface area contributed by atoms with Gasteiger partial charge in [-0.3, -0.25) is 0 Å². The normalized spacial score (nSPS) is 16.5. The van der Waals surface area contributed by atoms with E-state index in [1.165, 1.54) is 62.0 Å². The summed E-state index contributed by atoms with van der Waals surface area (Å²) in [5, 5.41) is 5.97. The molecule has 2 aromatic rings. The maximum atomic E-state index is 4.68. The molecule has 1 aliphatic heterocycles. The summed E-state index contributed by atoms with van der Waals surface area (Å²) in [5.41, 5.74) is 3.58. The number of nitrogens with one attached hydrogen (secondary N) is 1. The summed E-state index contributed by atoms with van der Waals surface area (Å²) in [4.78, 5) is 9.34. The Bertz CT molecular complexity index is 933. The van der Waals surface area contributed by atoms with Crippen LogP contribution in [0.15, 0.2) is 61.1 Å². The van der Waals surface area contributed by atoms with Gasteiger partial charge in [-0.05, 0) is 74.5 Å². The summed E-state index contributed by atoms with van der Waals surface area (Å²) in [7, 11) is 4.06. The molecule has 2 heterocycles. The molecule has 1 N–H and O–H groups in total. The fourth-order valence-corrected chi connectivity index (χ4v) is 4.32. The van der Waals surface area contributed by atoms with E-state index in [2.05, 4.69) is 72.2 Å². The van der Waals surface area contributed by atoms with Gasteiger partial charge in [0.25, 0.3) is 0 Å². The summed E-state index contributed by atoms with van der Waals surface area (Å²) in [6.07, 6.45) is 13.2. The molecule has 0 aliphatic carbocycles. The third-order valence-corrected chi connectivity index (χ3v) is 6.11. The number of aromatic nitrogens is 1. The van der Waals surface area contributed by atoms with E-state index in [1.807, 2.05) is 31.3 Å². The van der Waals surface area contributed by atoms with E-state index in [-0.39, 0.29) is 0 Å². The van der Waals surface area contributed by atoms with Gasteiger partial charge in [0.2, 0.25) is 0 Å². The molecule has 4 nitrogen and oxygen atoms in total. The zero-order valence-electron chi connectivity index (χ0n) is 19.7. The summed E-state index contributed by atoms with van der Waals surface area (Å²) in [6, 6.07) is 8.66. The number of pyridine rings is 1. The van der Waals surface area contributed by atoms with Crippen molar-refractivity contribution in [1.82, 2.24) is 14.8 Å². The molecule has 1 fully saturated rings. The molecular weight excluding hydrogens is 380 g/mol. The standard InChI is InChI=1S/C27H38N4/c1-6-9-14-31-15-12-22(13-16-31)26(8-3)29-27-18-25-17-23(10-11-24(25)19-28-27)21(7-2)20-30(4)5/h7-8,10-11,17-20,22H,2,6,9,12-16H2,1,3-5H3,(H,28,29)/b21-20+,26-8-. The van der Waals surface area contributed by atoms with Crippen LogP contribution in [0.4, 0.5) is 5.82 Å². The Kier molecular flexibility index (Phi) is 8.30. The van der Waals surface area contributed by atoms with E-state index in [9.17, 15) is 0 Å². The Morgan fingerprint density at radius 2 is 2.00 bits per heavy atom. The molecule has 3 rings (SSSR count). The lowest BCUT2D eigenvalue weighted by molar-refractivity contribution is 0.197. The Labute approximate surface area is 188 Å². The molecule has 0 atom stereocenters. The predicted octanol–water partition coefficient (Wildman–Crippen LogP) is 6.15. The number of piperidine rings is 1. The van der Waals surface area contributed by atoms with Crippen LogP contribution in [0.1, 0.15) is 45.1 Å². The average Bonchev–Trinajstić information content (AvgIpc) is 2.79. The molecule has 0 bridgehead atoms. The number of benzene rings is 1. The first-order chi connectivity index (χ1) is 15.0. The highest BCUT2D eigenvalue weighted by Gasteiger charge is 2.22. The highest BCUT2D eigenvalue weighted by atomic mass is 15.1. The van der Waals surface area contributed by atoms with E-state index in [1.54, 1.807) is 0 Å². The van der Waals surface area contributed by atoms with E-state index in [0.29, 0.717) is 5.92 Å². The third-order valence-electron chi connectivity index (χ3n) is 6.11. The van der Waals surface area contributed by atoms with Gasteiger partial charge in [-0.2, -0.15) is 0 Å². The summed E-state index contributed by atoms with van der Waals surface area (Å²) in [6.45, 7) is 12.0. The highest BCUT2D eigenvalue weighted by Crippen LogP contribution is 2.28. The minimum absolute atomic E-state index is 0.585. The minimum atomic E-state index is 0.585. The van der Waals surface area contributed by atoms with Crippen molar-refractivity contribution in [2.75, 3.05) is 39.0 Å². The second kappa shape index (κ2) is 11.1. The molecule has 4 heteroatoms. The van der Waals surface area contributed by atoms with Crippen LogP contribution in [0.2, 0.25) is 0 Å². The van der Waals surface area contributed by atoms with Gasteiger partial charge >= 0.3 is 0 Å². The Morgan fingerprint density at radius 1 is 1.23 bits per heavy atom. The van der Waals surface area contributed by atoms with Crippen LogP contribution in [-0.4, -0.2) is 48.5 Å². The zero-order chi connectivity index (χ0) is 22.2. The third kappa shape index (κ3) is 6.20. The van der Waals surface area contributed by atoms with Gasteiger partial charge in [0, 0.05) is 43.5 Å². The van der Waals surface area contributed by atoms with E-state index in [0.717, 1.165) is 16.8 Å². The fraction of sp³-hybridized carbons (Fsp3) is 0.444. The molecule has 1 saturated heterocycles. The summed E-state index contributed by atoms with van der Waals surface area (Å²) in [5.74, 6) is 1.50. The highest BCUT2D eigenvalue weighted by molar-refractivity contribution is 5.88. The molecule has 0 amide bonds. The largest absolute Gasteiger partial charge is 0.383 e. The van der Waals surface area contributed by atoms with Gasteiger partial charge in [-0.1, -0.05) is 44.2 Å². The predicted molar refractivity (Wildman–Crippen MR) is 135 cm³/mol. The number of unbranched alkanes of at least 4 members (excludes halogenated alkanes) is 1. The number of likely N-dealkylation sites (tertiary alicyclic amines) is 1. The first kappa shape index (κ1) is 23.1. The topological polar surface area (TPSA) is 31.4 Å². The molecule has 166 valence electrons. The van der Waals surface area contributed by atoms with Crippen molar-refractivity contribution in [2.24, 2.45) is 5.92 Å². The van der Waals surface area contributed by atoms with Gasteiger partial charge in [0.1, 0.15) is 5.82 Å². The molecule has 31 heavy (non-hydrogen) atoms. The zero-order valence-corrected chi connectivity index (χ0v) is 19.7. The first-order valence-corrected chi connectivity index (χ1v) is 11.6. The van der Waals surface area contributed by atoms with Gasteiger partial charge in [0.15, 0.2) is 0 Å². The second-order valence-corrected chi connectivity index (χ2v) is 8.72.